The first-order chi connectivity index (χ1) is 17.4. The van der Waals surface area contributed by atoms with Crippen LogP contribution in [0.2, 0.25) is 0 Å². The van der Waals surface area contributed by atoms with Crippen molar-refractivity contribution < 1.29 is 14.4 Å². The van der Waals surface area contributed by atoms with Crippen molar-refractivity contribution in [2.45, 2.75) is 32.4 Å². The van der Waals surface area contributed by atoms with E-state index < -0.39 is 5.66 Å². The van der Waals surface area contributed by atoms with Gasteiger partial charge in [0.1, 0.15) is 5.66 Å². The average Bonchev–Trinajstić information content (AvgIpc) is 2.89. The minimum atomic E-state index is -0.969. The molecule has 36 heavy (non-hydrogen) atoms. The van der Waals surface area contributed by atoms with Crippen LogP contribution < -0.4 is 10.6 Å². The van der Waals surface area contributed by atoms with Gasteiger partial charge in [0.2, 0.25) is 0 Å². The molecule has 2 aliphatic carbocycles. The van der Waals surface area contributed by atoms with Crippen LogP contribution in [0.3, 0.4) is 0 Å². The fraction of sp³-hybridized carbons (Fsp3) is 0.194. The molecule has 1 atom stereocenters. The number of rotatable bonds is 6. The van der Waals surface area contributed by atoms with Gasteiger partial charge in [-0.1, -0.05) is 86.2 Å². The summed E-state index contributed by atoms with van der Waals surface area (Å²) in [6.07, 6.45) is 7.53. The Balaban J connectivity index is 1.53. The molecule has 0 fully saturated rings. The third kappa shape index (κ3) is 4.40. The van der Waals surface area contributed by atoms with E-state index in [9.17, 15) is 14.4 Å². The summed E-state index contributed by atoms with van der Waals surface area (Å²) < 4.78 is 0. The third-order valence-electron chi connectivity index (χ3n) is 6.59. The zero-order chi connectivity index (χ0) is 25.3. The summed E-state index contributed by atoms with van der Waals surface area (Å²) in [6, 6.07) is 21.2. The molecule has 3 aromatic carbocycles. The maximum Gasteiger partial charge on any atom is 0.253 e. The van der Waals surface area contributed by atoms with Crippen LogP contribution in [-0.2, 0) is 0 Å². The number of fused-ring (bicyclic) bond motifs is 2. The molecule has 2 N–H and O–H groups in total. The first kappa shape index (κ1) is 23.5. The lowest BCUT2D eigenvalue weighted by atomic mass is 9.82. The Kier molecular flexibility index (Phi) is 6.15. The molecule has 0 heterocycles. The lowest BCUT2D eigenvalue weighted by Crippen LogP contribution is -2.53. The minimum Gasteiger partial charge on any atom is -0.359 e. The zero-order valence-electron chi connectivity index (χ0n) is 20.4. The Bertz CT molecular complexity index is 1420. The molecule has 1 unspecified atom stereocenters. The molecular weight excluding hydrogens is 448 g/mol. The van der Waals surface area contributed by atoms with E-state index in [0.29, 0.717) is 45.8 Å². The number of amides is 1. The van der Waals surface area contributed by atoms with Gasteiger partial charge in [-0.25, -0.2) is 0 Å². The van der Waals surface area contributed by atoms with Crippen molar-refractivity contribution in [3.8, 4) is 0 Å². The van der Waals surface area contributed by atoms with Gasteiger partial charge in [0.15, 0.2) is 11.6 Å². The van der Waals surface area contributed by atoms with Gasteiger partial charge in [0, 0.05) is 34.4 Å². The minimum absolute atomic E-state index is 0.176. The van der Waals surface area contributed by atoms with Crippen molar-refractivity contribution in [3.05, 3.63) is 124 Å². The van der Waals surface area contributed by atoms with E-state index in [4.69, 9.17) is 0 Å². The number of allylic oxidation sites excluding steroid dienone is 2. The zero-order valence-corrected chi connectivity index (χ0v) is 20.4. The Morgan fingerprint density at radius 2 is 1.53 bits per heavy atom. The van der Waals surface area contributed by atoms with Gasteiger partial charge in [-0.05, 0) is 36.6 Å². The van der Waals surface area contributed by atoms with Crippen molar-refractivity contribution in [1.82, 2.24) is 5.32 Å². The van der Waals surface area contributed by atoms with Gasteiger partial charge in [0.25, 0.3) is 5.91 Å². The predicted octanol–water partition coefficient (Wildman–Crippen LogP) is 5.93. The second-order valence-electron chi connectivity index (χ2n) is 9.76. The van der Waals surface area contributed by atoms with E-state index in [1.807, 2.05) is 30.4 Å². The topological polar surface area (TPSA) is 75.3 Å². The molecule has 1 amide bonds. The molecule has 3 aromatic rings. The van der Waals surface area contributed by atoms with Crippen LogP contribution >= 0.6 is 0 Å². The molecule has 0 spiro atoms. The summed E-state index contributed by atoms with van der Waals surface area (Å²) in [5, 5.41) is 6.59. The number of carbonyl (C=O) groups excluding carboxylic acids is 3. The standard InChI is InChI=1S/C31H28N2O3/c1-20(2)19-21-15-17-31(18-16-21,33-30(36)22-9-4-3-5-10-22)32-26-14-8-13-25-27(26)29(35)24-12-7-6-11-23(24)28(25)34/h3-17,20,32H,18-19H2,1-2H3,(H,33,36). The fourth-order valence-corrected chi connectivity index (χ4v) is 4.87. The summed E-state index contributed by atoms with van der Waals surface area (Å²) in [4.78, 5) is 40.0. The fourth-order valence-electron chi connectivity index (χ4n) is 4.87. The number of anilines is 1. The monoisotopic (exact) mass is 476 g/mol. The highest BCUT2D eigenvalue weighted by molar-refractivity contribution is 6.30. The van der Waals surface area contributed by atoms with Crippen LogP contribution in [0.1, 0.15) is 68.9 Å². The molecule has 0 aromatic heterocycles. The normalized spacial score (nSPS) is 18.4. The molecule has 5 nitrogen and oxygen atoms in total. The number of nitrogens with one attached hydrogen (secondary N) is 2. The van der Waals surface area contributed by atoms with Gasteiger partial charge in [-0.3, -0.25) is 14.4 Å². The van der Waals surface area contributed by atoms with E-state index in [-0.39, 0.29) is 17.5 Å². The van der Waals surface area contributed by atoms with Crippen LogP contribution in [0.4, 0.5) is 5.69 Å². The molecule has 0 saturated carbocycles. The first-order valence-electron chi connectivity index (χ1n) is 12.2. The lowest BCUT2D eigenvalue weighted by Gasteiger charge is -2.36. The summed E-state index contributed by atoms with van der Waals surface area (Å²) in [7, 11) is 0. The van der Waals surface area contributed by atoms with E-state index in [1.54, 1.807) is 54.6 Å². The van der Waals surface area contributed by atoms with E-state index in [1.165, 1.54) is 5.57 Å². The molecule has 5 rings (SSSR count). The second kappa shape index (κ2) is 9.42. The molecule has 5 heteroatoms. The van der Waals surface area contributed by atoms with Crippen LogP contribution in [0, 0.1) is 5.92 Å². The van der Waals surface area contributed by atoms with Gasteiger partial charge in [0.05, 0.1) is 5.56 Å². The Hall–Kier alpha value is -4.25. The first-order valence-corrected chi connectivity index (χ1v) is 12.2. The summed E-state index contributed by atoms with van der Waals surface area (Å²) in [5.74, 6) is -0.107. The largest absolute Gasteiger partial charge is 0.359 e. The summed E-state index contributed by atoms with van der Waals surface area (Å²) >= 11 is 0. The molecule has 0 aliphatic heterocycles. The van der Waals surface area contributed by atoms with Crippen LogP contribution in [0.5, 0.6) is 0 Å². The Morgan fingerprint density at radius 1 is 0.861 bits per heavy atom. The van der Waals surface area contributed by atoms with Gasteiger partial charge < -0.3 is 10.6 Å². The average molecular weight is 477 g/mol. The lowest BCUT2D eigenvalue weighted by molar-refractivity contribution is 0.0924. The van der Waals surface area contributed by atoms with Crippen molar-refractivity contribution >= 4 is 23.2 Å². The number of hydrogen-bond donors (Lipinski definition) is 2. The van der Waals surface area contributed by atoms with E-state index >= 15 is 0 Å². The second-order valence-corrected chi connectivity index (χ2v) is 9.76. The number of ketones is 2. The van der Waals surface area contributed by atoms with E-state index in [2.05, 4.69) is 30.6 Å². The summed E-state index contributed by atoms with van der Waals surface area (Å²) in [5.41, 5.74) is 2.79. The van der Waals surface area contributed by atoms with Crippen LogP contribution in [0.25, 0.3) is 0 Å². The maximum atomic E-state index is 13.5. The number of carbonyl (C=O) groups is 3. The van der Waals surface area contributed by atoms with Crippen molar-refractivity contribution in [2.75, 3.05) is 5.32 Å². The quantitative estimate of drug-likeness (QED) is 0.338. The molecular formula is C31H28N2O3. The SMILES string of the molecule is CC(C)CC1=CCC(NC(=O)c2ccccc2)(Nc2cccc3c2C(=O)c2ccccc2C3=O)C=C1. The maximum absolute atomic E-state index is 13.5. The van der Waals surface area contributed by atoms with Crippen LogP contribution in [-0.4, -0.2) is 23.1 Å². The molecule has 0 bridgehead atoms. The van der Waals surface area contributed by atoms with Crippen molar-refractivity contribution in [2.24, 2.45) is 5.92 Å². The molecule has 0 saturated heterocycles. The predicted molar refractivity (Wildman–Crippen MR) is 141 cm³/mol. The highest BCUT2D eigenvalue weighted by Gasteiger charge is 2.36. The van der Waals surface area contributed by atoms with Crippen molar-refractivity contribution in [3.63, 3.8) is 0 Å². The highest BCUT2D eigenvalue weighted by atomic mass is 16.2. The highest BCUT2D eigenvalue weighted by Crippen LogP contribution is 2.35. The third-order valence-corrected chi connectivity index (χ3v) is 6.59. The van der Waals surface area contributed by atoms with Crippen LogP contribution in [0.15, 0.2) is 96.6 Å². The molecule has 180 valence electrons. The molecule has 0 radical (unpaired) electrons. The van der Waals surface area contributed by atoms with Gasteiger partial charge in [-0.15, -0.1) is 0 Å². The number of hydrogen-bond acceptors (Lipinski definition) is 4. The van der Waals surface area contributed by atoms with Gasteiger partial charge >= 0.3 is 0 Å². The Morgan fingerprint density at radius 3 is 2.19 bits per heavy atom. The molecule has 2 aliphatic rings. The van der Waals surface area contributed by atoms with Gasteiger partial charge in [-0.2, -0.15) is 0 Å². The summed E-state index contributed by atoms with van der Waals surface area (Å²) in [6.45, 7) is 4.34. The smallest absolute Gasteiger partial charge is 0.253 e. The Labute approximate surface area is 210 Å². The van der Waals surface area contributed by atoms with E-state index in [0.717, 1.165) is 6.42 Å². The number of benzene rings is 3. The van der Waals surface area contributed by atoms with Crippen molar-refractivity contribution in [1.29, 1.82) is 0 Å².